The van der Waals surface area contributed by atoms with Gasteiger partial charge >= 0.3 is 0 Å². The topological polar surface area (TPSA) is 59.1 Å². The van der Waals surface area contributed by atoms with Crippen molar-refractivity contribution in [1.82, 2.24) is 9.80 Å². The van der Waals surface area contributed by atoms with Crippen LogP contribution in [0.3, 0.4) is 0 Å². The molecular formula is C14H24N2O4. The van der Waals surface area contributed by atoms with Gasteiger partial charge in [0.15, 0.2) is 12.2 Å². The minimum absolute atomic E-state index is 0.135. The second-order valence-electron chi connectivity index (χ2n) is 5.38. The van der Waals surface area contributed by atoms with Gasteiger partial charge < -0.3 is 19.3 Å². The summed E-state index contributed by atoms with van der Waals surface area (Å²) in [4.78, 5) is 28.4. The number of carbonyl (C=O) groups is 2. The van der Waals surface area contributed by atoms with Gasteiger partial charge in [-0.3, -0.25) is 9.59 Å². The molecule has 0 aromatic carbocycles. The summed E-state index contributed by atoms with van der Waals surface area (Å²) < 4.78 is 10.6. The van der Waals surface area contributed by atoms with Crippen molar-refractivity contribution < 1.29 is 19.1 Å². The Labute approximate surface area is 120 Å². The van der Waals surface area contributed by atoms with Gasteiger partial charge in [-0.1, -0.05) is 0 Å². The Morgan fingerprint density at radius 1 is 0.750 bits per heavy atom. The third-order valence-electron chi connectivity index (χ3n) is 4.11. The van der Waals surface area contributed by atoms with Gasteiger partial charge in [-0.2, -0.15) is 0 Å². The molecule has 0 bridgehead atoms. The first-order valence-electron chi connectivity index (χ1n) is 7.32. The Morgan fingerprint density at radius 3 is 1.30 bits per heavy atom. The number of hydrogen-bond acceptors (Lipinski definition) is 4. The number of rotatable bonds is 5. The van der Waals surface area contributed by atoms with Gasteiger partial charge in [-0.05, 0) is 25.7 Å². The maximum absolute atomic E-state index is 12.4. The summed E-state index contributed by atoms with van der Waals surface area (Å²) in [6.45, 7) is 2.97. The molecule has 0 spiro atoms. The molecule has 2 saturated heterocycles. The molecule has 2 fully saturated rings. The fourth-order valence-electron chi connectivity index (χ4n) is 2.94. The zero-order valence-electron chi connectivity index (χ0n) is 12.3. The minimum atomic E-state index is -0.841. The molecular weight excluding hydrogens is 260 g/mol. The maximum atomic E-state index is 12.4. The van der Waals surface area contributed by atoms with Crippen molar-refractivity contribution in [3.63, 3.8) is 0 Å². The lowest BCUT2D eigenvalue weighted by molar-refractivity contribution is -0.162. The SMILES string of the molecule is COC(C(=O)N1CCCC1)C(OC)C(=O)N1CCCC1. The average molecular weight is 284 g/mol. The van der Waals surface area contributed by atoms with Gasteiger partial charge in [0.25, 0.3) is 11.8 Å². The Hall–Kier alpha value is -1.14. The van der Waals surface area contributed by atoms with Crippen LogP contribution in [0.2, 0.25) is 0 Å². The van der Waals surface area contributed by atoms with Crippen LogP contribution in [0.1, 0.15) is 25.7 Å². The van der Waals surface area contributed by atoms with Gasteiger partial charge in [0.2, 0.25) is 0 Å². The molecule has 2 heterocycles. The molecule has 0 radical (unpaired) electrons. The van der Waals surface area contributed by atoms with E-state index in [-0.39, 0.29) is 11.8 Å². The van der Waals surface area contributed by atoms with Crippen molar-refractivity contribution in [3.05, 3.63) is 0 Å². The summed E-state index contributed by atoms with van der Waals surface area (Å²) in [6, 6.07) is 0. The fraction of sp³-hybridized carbons (Fsp3) is 0.857. The quantitative estimate of drug-likeness (QED) is 0.727. The Kier molecular flexibility index (Phi) is 5.37. The lowest BCUT2D eigenvalue weighted by Gasteiger charge is -2.29. The van der Waals surface area contributed by atoms with E-state index in [0.29, 0.717) is 0 Å². The highest BCUT2D eigenvalue weighted by Crippen LogP contribution is 2.17. The number of likely N-dealkylation sites (tertiary alicyclic amines) is 2. The summed E-state index contributed by atoms with van der Waals surface area (Å²) in [5, 5.41) is 0. The number of ether oxygens (including phenoxy) is 2. The smallest absolute Gasteiger partial charge is 0.254 e. The van der Waals surface area contributed by atoms with E-state index in [1.807, 2.05) is 0 Å². The highest BCUT2D eigenvalue weighted by molar-refractivity contribution is 5.91. The molecule has 6 heteroatoms. The van der Waals surface area contributed by atoms with Crippen LogP contribution in [0.15, 0.2) is 0 Å². The van der Waals surface area contributed by atoms with Crippen LogP contribution in [0.4, 0.5) is 0 Å². The Balaban J connectivity index is 2.05. The second kappa shape index (κ2) is 7.04. The zero-order chi connectivity index (χ0) is 14.5. The van der Waals surface area contributed by atoms with Crippen molar-refractivity contribution in [1.29, 1.82) is 0 Å². The molecule has 2 unspecified atom stereocenters. The molecule has 2 atom stereocenters. The van der Waals surface area contributed by atoms with Crippen LogP contribution < -0.4 is 0 Å². The van der Waals surface area contributed by atoms with Crippen LogP contribution in [-0.2, 0) is 19.1 Å². The summed E-state index contributed by atoms with van der Waals surface area (Å²) in [5.74, 6) is -0.270. The van der Waals surface area contributed by atoms with Crippen LogP contribution in [0, 0.1) is 0 Å². The monoisotopic (exact) mass is 284 g/mol. The van der Waals surface area contributed by atoms with Crippen LogP contribution in [-0.4, -0.2) is 74.2 Å². The molecule has 2 rings (SSSR count). The largest absolute Gasteiger partial charge is 0.368 e. The lowest BCUT2D eigenvalue weighted by atomic mass is 10.1. The highest BCUT2D eigenvalue weighted by Gasteiger charge is 2.39. The number of carbonyl (C=O) groups excluding carboxylic acids is 2. The maximum Gasteiger partial charge on any atom is 0.254 e. The van der Waals surface area contributed by atoms with E-state index in [0.717, 1.165) is 51.9 Å². The Morgan fingerprint density at radius 2 is 1.05 bits per heavy atom. The van der Waals surface area contributed by atoms with Crippen LogP contribution in [0.5, 0.6) is 0 Å². The third-order valence-corrected chi connectivity index (χ3v) is 4.11. The summed E-state index contributed by atoms with van der Waals surface area (Å²) in [7, 11) is 2.92. The zero-order valence-corrected chi connectivity index (χ0v) is 12.3. The van der Waals surface area contributed by atoms with E-state index >= 15 is 0 Å². The number of methoxy groups -OCH3 is 2. The van der Waals surface area contributed by atoms with Gasteiger partial charge in [0.1, 0.15) is 0 Å². The number of amides is 2. The summed E-state index contributed by atoms with van der Waals surface area (Å²) >= 11 is 0. The van der Waals surface area contributed by atoms with E-state index in [2.05, 4.69) is 0 Å². The molecule has 0 aliphatic carbocycles. The van der Waals surface area contributed by atoms with Crippen LogP contribution in [0.25, 0.3) is 0 Å². The van der Waals surface area contributed by atoms with E-state index in [9.17, 15) is 9.59 Å². The first-order valence-corrected chi connectivity index (χ1v) is 7.32. The molecule has 0 N–H and O–H groups in total. The van der Waals surface area contributed by atoms with E-state index in [4.69, 9.17) is 9.47 Å². The molecule has 6 nitrogen and oxygen atoms in total. The Bertz CT molecular complexity index is 315. The van der Waals surface area contributed by atoms with Gasteiger partial charge in [-0.15, -0.1) is 0 Å². The molecule has 0 aromatic rings. The lowest BCUT2D eigenvalue weighted by Crippen LogP contribution is -2.52. The molecule has 20 heavy (non-hydrogen) atoms. The minimum Gasteiger partial charge on any atom is -0.368 e. The normalized spacial score (nSPS) is 22.1. The molecule has 2 aliphatic heterocycles. The number of hydrogen-bond donors (Lipinski definition) is 0. The first-order chi connectivity index (χ1) is 9.69. The van der Waals surface area contributed by atoms with Crippen molar-refractivity contribution in [2.24, 2.45) is 0 Å². The van der Waals surface area contributed by atoms with Crippen molar-refractivity contribution in [2.75, 3.05) is 40.4 Å². The first kappa shape index (κ1) is 15.3. The van der Waals surface area contributed by atoms with Gasteiger partial charge in [0, 0.05) is 40.4 Å². The molecule has 0 saturated carbocycles. The fourth-order valence-corrected chi connectivity index (χ4v) is 2.94. The van der Waals surface area contributed by atoms with Gasteiger partial charge in [-0.25, -0.2) is 0 Å². The molecule has 114 valence electrons. The van der Waals surface area contributed by atoms with E-state index in [1.165, 1.54) is 14.2 Å². The van der Waals surface area contributed by atoms with E-state index < -0.39 is 12.2 Å². The van der Waals surface area contributed by atoms with Crippen molar-refractivity contribution in [2.45, 2.75) is 37.9 Å². The van der Waals surface area contributed by atoms with Gasteiger partial charge in [0.05, 0.1) is 0 Å². The summed E-state index contributed by atoms with van der Waals surface area (Å²) in [6.07, 6.45) is 2.37. The predicted molar refractivity (Wildman–Crippen MR) is 73.2 cm³/mol. The average Bonchev–Trinajstić information content (AvgIpc) is 3.15. The standard InChI is InChI=1S/C14H24N2O4/c1-19-11(13(17)15-7-3-4-8-15)12(20-2)14(18)16-9-5-6-10-16/h11-12H,3-10H2,1-2H3. The predicted octanol–water partition coefficient (Wildman–Crippen LogP) is 0.261. The highest BCUT2D eigenvalue weighted by atomic mass is 16.5. The van der Waals surface area contributed by atoms with Crippen molar-refractivity contribution in [3.8, 4) is 0 Å². The second-order valence-corrected chi connectivity index (χ2v) is 5.38. The molecule has 2 aliphatic rings. The van der Waals surface area contributed by atoms with Crippen molar-refractivity contribution >= 4 is 11.8 Å². The molecule has 2 amide bonds. The molecule has 0 aromatic heterocycles. The number of nitrogens with zero attached hydrogens (tertiary/aromatic N) is 2. The van der Waals surface area contributed by atoms with Crippen LogP contribution >= 0.6 is 0 Å². The summed E-state index contributed by atoms with van der Waals surface area (Å²) in [5.41, 5.74) is 0. The third kappa shape index (κ3) is 3.12. The van der Waals surface area contributed by atoms with E-state index in [1.54, 1.807) is 9.80 Å².